The lowest BCUT2D eigenvalue weighted by Gasteiger charge is -2.28. The molecule has 18 heavy (non-hydrogen) atoms. The van der Waals surface area contributed by atoms with Gasteiger partial charge in [0.05, 0.1) is 0 Å². The van der Waals surface area contributed by atoms with Crippen molar-refractivity contribution >= 4 is 11.7 Å². The zero-order valence-electron chi connectivity index (χ0n) is 10.5. The lowest BCUT2D eigenvalue weighted by atomic mass is 9.93. The van der Waals surface area contributed by atoms with Crippen LogP contribution in [0.3, 0.4) is 0 Å². The highest BCUT2D eigenvalue weighted by atomic mass is 19.4. The van der Waals surface area contributed by atoms with Crippen LogP contribution in [0.1, 0.15) is 20.8 Å². The number of halogens is 3. The Morgan fingerprint density at radius 3 is 2.22 bits per heavy atom. The lowest BCUT2D eigenvalue weighted by Crippen LogP contribution is -2.47. The first-order valence-corrected chi connectivity index (χ1v) is 5.47. The Morgan fingerprint density at radius 2 is 1.94 bits per heavy atom. The second-order valence-corrected chi connectivity index (χ2v) is 4.21. The van der Waals surface area contributed by atoms with Gasteiger partial charge in [-0.25, -0.2) is 0 Å². The molecule has 0 aromatic heterocycles. The van der Waals surface area contributed by atoms with Crippen LogP contribution in [0, 0.1) is 11.8 Å². The fourth-order valence-corrected chi connectivity index (χ4v) is 1.57. The van der Waals surface area contributed by atoms with Gasteiger partial charge in [-0.3, -0.25) is 4.79 Å². The van der Waals surface area contributed by atoms with E-state index in [4.69, 9.17) is 10.9 Å². The summed E-state index contributed by atoms with van der Waals surface area (Å²) in [4.78, 5) is 12.6. The summed E-state index contributed by atoms with van der Waals surface area (Å²) >= 11 is 0. The first kappa shape index (κ1) is 16.5. The van der Waals surface area contributed by atoms with Gasteiger partial charge < -0.3 is 15.8 Å². The summed E-state index contributed by atoms with van der Waals surface area (Å²) < 4.78 is 36.9. The molecule has 0 aliphatic carbocycles. The van der Waals surface area contributed by atoms with Gasteiger partial charge >= 0.3 is 6.18 Å². The molecule has 0 rings (SSSR count). The highest BCUT2D eigenvalue weighted by Gasteiger charge is 2.37. The number of oxime groups is 1. The van der Waals surface area contributed by atoms with Crippen LogP contribution >= 0.6 is 0 Å². The topological polar surface area (TPSA) is 78.9 Å². The highest BCUT2D eigenvalue weighted by Crippen LogP contribution is 2.20. The van der Waals surface area contributed by atoms with E-state index in [9.17, 15) is 18.0 Å². The third-order valence-corrected chi connectivity index (χ3v) is 2.43. The lowest BCUT2D eigenvalue weighted by molar-refractivity contribution is -0.162. The number of nitrogens with two attached hydrogens (primary N) is 1. The number of amidine groups is 1. The monoisotopic (exact) mass is 269 g/mol. The zero-order chi connectivity index (χ0) is 14.5. The molecule has 0 aliphatic rings. The molecular formula is C10H18F3N3O2. The fourth-order valence-electron chi connectivity index (χ4n) is 1.57. The number of hydrogen-bond donors (Lipinski definition) is 2. The minimum Gasteiger partial charge on any atom is -0.409 e. The summed E-state index contributed by atoms with van der Waals surface area (Å²) in [6.45, 7) is 3.22. The van der Waals surface area contributed by atoms with E-state index in [2.05, 4.69) is 5.16 Å². The van der Waals surface area contributed by atoms with E-state index in [1.807, 2.05) is 0 Å². The Balaban J connectivity index is 5.05. The molecule has 0 bridgehead atoms. The van der Waals surface area contributed by atoms with Crippen LogP contribution in [-0.2, 0) is 4.79 Å². The van der Waals surface area contributed by atoms with Gasteiger partial charge in [-0.15, -0.1) is 0 Å². The highest BCUT2D eigenvalue weighted by molar-refractivity contribution is 6.02. The summed E-state index contributed by atoms with van der Waals surface area (Å²) in [7, 11) is 0. The van der Waals surface area contributed by atoms with E-state index in [-0.39, 0.29) is 18.3 Å². The molecule has 8 heteroatoms. The van der Waals surface area contributed by atoms with Crippen molar-refractivity contribution in [2.75, 3.05) is 13.1 Å². The molecule has 1 unspecified atom stereocenters. The van der Waals surface area contributed by atoms with Gasteiger partial charge in [0.25, 0.3) is 0 Å². The van der Waals surface area contributed by atoms with Gasteiger partial charge in [0.2, 0.25) is 5.91 Å². The molecule has 1 atom stereocenters. The second kappa shape index (κ2) is 6.46. The number of rotatable bonds is 5. The molecule has 0 heterocycles. The molecule has 0 radical (unpaired) electrons. The molecule has 0 aliphatic heterocycles. The second-order valence-electron chi connectivity index (χ2n) is 4.21. The molecule has 0 saturated heterocycles. The Hall–Kier alpha value is -1.47. The Bertz CT molecular complexity index is 316. The zero-order valence-corrected chi connectivity index (χ0v) is 10.5. The standard InChI is InChI=1S/C10H18F3N3O2/c1-4-16(5-10(11,12)13)9(17)7(6(2)3)8(14)15-18/h6-7,18H,4-5H2,1-3H3,(H2,14,15). The number of alkyl halides is 3. The first-order chi connectivity index (χ1) is 8.14. The first-order valence-electron chi connectivity index (χ1n) is 5.47. The third kappa shape index (κ3) is 4.80. The number of amides is 1. The quantitative estimate of drug-likeness (QED) is 0.343. The van der Waals surface area contributed by atoms with Crippen LogP contribution in [0.25, 0.3) is 0 Å². The fraction of sp³-hybridized carbons (Fsp3) is 0.800. The molecular weight excluding hydrogens is 251 g/mol. The molecule has 5 nitrogen and oxygen atoms in total. The van der Waals surface area contributed by atoms with Crippen molar-refractivity contribution in [3.8, 4) is 0 Å². The summed E-state index contributed by atoms with van der Waals surface area (Å²) in [6, 6.07) is 0. The number of hydrogen-bond acceptors (Lipinski definition) is 3. The summed E-state index contributed by atoms with van der Waals surface area (Å²) in [6.07, 6.45) is -4.47. The van der Waals surface area contributed by atoms with Gasteiger partial charge in [0.1, 0.15) is 12.5 Å². The van der Waals surface area contributed by atoms with E-state index in [0.29, 0.717) is 4.90 Å². The molecule has 0 aromatic rings. The van der Waals surface area contributed by atoms with E-state index in [1.165, 1.54) is 6.92 Å². The molecule has 3 N–H and O–H groups in total. The Morgan fingerprint density at radius 1 is 1.44 bits per heavy atom. The molecule has 0 spiro atoms. The van der Waals surface area contributed by atoms with Crippen molar-refractivity contribution in [3.05, 3.63) is 0 Å². The van der Waals surface area contributed by atoms with Crippen LogP contribution in [-0.4, -0.2) is 41.1 Å². The number of carbonyl (C=O) groups excluding carboxylic acids is 1. The molecule has 1 amide bonds. The molecule has 0 fully saturated rings. The minimum absolute atomic E-state index is 0.0970. The Labute approximate surface area is 103 Å². The third-order valence-electron chi connectivity index (χ3n) is 2.43. The maximum atomic E-state index is 12.3. The van der Waals surface area contributed by atoms with Crippen LogP contribution in [0.15, 0.2) is 5.16 Å². The predicted molar refractivity (Wildman–Crippen MR) is 60.0 cm³/mol. The Kier molecular flexibility index (Phi) is 5.93. The normalized spacial score (nSPS) is 14.7. The molecule has 0 aromatic carbocycles. The summed E-state index contributed by atoms with van der Waals surface area (Å²) in [5, 5.41) is 11.3. The van der Waals surface area contributed by atoms with Crippen molar-refractivity contribution in [1.29, 1.82) is 0 Å². The van der Waals surface area contributed by atoms with Crippen molar-refractivity contribution < 1.29 is 23.2 Å². The van der Waals surface area contributed by atoms with Gasteiger partial charge in [0, 0.05) is 6.54 Å². The van der Waals surface area contributed by atoms with E-state index >= 15 is 0 Å². The van der Waals surface area contributed by atoms with E-state index in [0.717, 1.165) is 0 Å². The van der Waals surface area contributed by atoms with Gasteiger partial charge in [-0.2, -0.15) is 13.2 Å². The molecule has 106 valence electrons. The van der Waals surface area contributed by atoms with Crippen molar-refractivity contribution in [2.45, 2.75) is 26.9 Å². The maximum absolute atomic E-state index is 12.3. The van der Waals surface area contributed by atoms with Crippen molar-refractivity contribution in [1.82, 2.24) is 4.90 Å². The van der Waals surface area contributed by atoms with Crippen LogP contribution < -0.4 is 5.73 Å². The molecule has 0 saturated carbocycles. The van der Waals surface area contributed by atoms with Crippen LogP contribution in [0.2, 0.25) is 0 Å². The predicted octanol–water partition coefficient (Wildman–Crippen LogP) is 1.42. The average Bonchev–Trinajstić information content (AvgIpc) is 2.23. The van der Waals surface area contributed by atoms with Gasteiger partial charge in [-0.1, -0.05) is 19.0 Å². The van der Waals surface area contributed by atoms with Crippen LogP contribution in [0.4, 0.5) is 13.2 Å². The number of nitrogens with zero attached hydrogens (tertiary/aromatic N) is 2. The van der Waals surface area contributed by atoms with Crippen molar-refractivity contribution in [3.63, 3.8) is 0 Å². The maximum Gasteiger partial charge on any atom is 0.406 e. The number of carbonyl (C=O) groups is 1. The van der Waals surface area contributed by atoms with Crippen LogP contribution in [0.5, 0.6) is 0 Å². The minimum atomic E-state index is -4.47. The van der Waals surface area contributed by atoms with Gasteiger partial charge in [-0.05, 0) is 12.8 Å². The van der Waals surface area contributed by atoms with E-state index < -0.39 is 24.5 Å². The van der Waals surface area contributed by atoms with Crippen molar-refractivity contribution in [2.24, 2.45) is 22.7 Å². The largest absolute Gasteiger partial charge is 0.409 e. The summed E-state index contributed by atoms with van der Waals surface area (Å²) in [5.41, 5.74) is 5.35. The average molecular weight is 269 g/mol. The van der Waals surface area contributed by atoms with Gasteiger partial charge in [0.15, 0.2) is 5.84 Å². The van der Waals surface area contributed by atoms with E-state index in [1.54, 1.807) is 13.8 Å². The smallest absolute Gasteiger partial charge is 0.406 e. The summed E-state index contributed by atoms with van der Waals surface area (Å²) in [5.74, 6) is -2.59. The SMILES string of the molecule is CCN(CC(F)(F)F)C(=O)C(C(N)=NO)C(C)C.